The van der Waals surface area contributed by atoms with E-state index in [9.17, 15) is 4.79 Å². The Bertz CT molecular complexity index is 1680. The molecule has 0 spiro atoms. The number of benzene rings is 4. The lowest BCUT2D eigenvalue weighted by Crippen LogP contribution is -2.24. The molecule has 1 amide bonds. The third kappa shape index (κ3) is 4.13. The molecule has 0 aliphatic carbocycles. The van der Waals surface area contributed by atoms with Crippen molar-refractivity contribution in [3.8, 4) is 11.3 Å². The van der Waals surface area contributed by atoms with Crippen molar-refractivity contribution in [2.75, 3.05) is 4.90 Å². The summed E-state index contributed by atoms with van der Waals surface area (Å²) in [6.07, 6.45) is 3.66. The number of halogens is 2. The molecule has 0 unspecified atom stereocenters. The molecule has 6 rings (SSSR count). The number of rotatable bonds is 4. The van der Waals surface area contributed by atoms with Gasteiger partial charge in [-0.1, -0.05) is 83.9 Å². The molecule has 3 nitrogen and oxygen atoms in total. The van der Waals surface area contributed by atoms with Crippen LogP contribution in [0, 0.1) is 0 Å². The van der Waals surface area contributed by atoms with E-state index < -0.39 is 0 Å². The standard InChI is InChI=1S/C31H19Cl2NO2/c32-24-11-14-28(33)27(19-24)30-15-13-26(36-30)17-23-18-29(21-7-2-1-3-8-21)34(31(23)35)25-12-10-20-6-4-5-9-22(20)16-25/h1-19H. The topological polar surface area (TPSA) is 33.5 Å². The highest BCUT2D eigenvalue weighted by Gasteiger charge is 2.30. The van der Waals surface area contributed by atoms with Gasteiger partial charge in [-0.2, -0.15) is 0 Å². The first-order valence-electron chi connectivity index (χ1n) is 11.4. The highest BCUT2D eigenvalue weighted by Crippen LogP contribution is 2.37. The molecule has 0 atom stereocenters. The molecule has 0 fully saturated rings. The Morgan fingerprint density at radius 2 is 1.53 bits per heavy atom. The minimum absolute atomic E-state index is 0.122. The zero-order chi connectivity index (χ0) is 24.6. The number of fused-ring (bicyclic) bond motifs is 1. The van der Waals surface area contributed by atoms with Gasteiger partial charge in [0.25, 0.3) is 5.91 Å². The van der Waals surface area contributed by atoms with Crippen molar-refractivity contribution < 1.29 is 9.21 Å². The highest BCUT2D eigenvalue weighted by molar-refractivity contribution is 6.35. The van der Waals surface area contributed by atoms with E-state index in [1.54, 1.807) is 29.2 Å². The van der Waals surface area contributed by atoms with Gasteiger partial charge in [0.05, 0.1) is 10.7 Å². The molecule has 0 N–H and O–H groups in total. The second kappa shape index (κ2) is 9.19. The molecule has 174 valence electrons. The molecule has 4 aromatic carbocycles. The molecule has 5 aromatic rings. The van der Waals surface area contributed by atoms with E-state index in [0.29, 0.717) is 32.7 Å². The van der Waals surface area contributed by atoms with Crippen LogP contribution in [0.3, 0.4) is 0 Å². The number of carbonyl (C=O) groups is 1. The lowest BCUT2D eigenvalue weighted by molar-refractivity contribution is -0.113. The fourth-order valence-electron chi connectivity index (χ4n) is 4.42. The fourth-order valence-corrected chi connectivity index (χ4v) is 4.81. The average molecular weight is 508 g/mol. The second-order valence-corrected chi connectivity index (χ2v) is 9.34. The number of amides is 1. The smallest absolute Gasteiger partial charge is 0.263 e. The predicted molar refractivity (Wildman–Crippen MR) is 148 cm³/mol. The van der Waals surface area contributed by atoms with E-state index in [1.165, 1.54) is 0 Å². The Morgan fingerprint density at radius 3 is 2.36 bits per heavy atom. The van der Waals surface area contributed by atoms with Crippen LogP contribution >= 0.6 is 23.2 Å². The number of hydrogen-bond donors (Lipinski definition) is 0. The first kappa shape index (κ1) is 22.4. The van der Waals surface area contributed by atoms with Gasteiger partial charge in [0.2, 0.25) is 0 Å². The minimum Gasteiger partial charge on any atom is -0.457 e. The largest absolute Gasteiger partial charge is 0.457 e. The number of nitrogens with zero attached hydrogens (tertiary/aromatic N) is 1. The van der Waals surface area contributed by atoms with Crippen molar-refractivity contribution in [2.45, 2.75) is 0 Å². The van der Waals surface area contributed by atoms with Crippen molar-refractivity contribution in [3.05, 3.63) is 136 Å². The maximum absolute atomic E-state index is 13.7. The van der Waals surface area contributed by atoms with Gasteiger partial charge in [0, 0.05) is 21.8 Å². The third-order valence-corrected chi connectivity index (χ3v) is 6.73. The van der Waals surface area contributed by atoms with Gasteiger partial charge in [0.1, 0.15) is 11.5 Å². The number of furan rings is 1. The normalized spacial score (nSPS) is 14.6. The monoisotopic (exact) mass is 507 g/mol. The Balaban J connectivity index is 1.42. The lowest BCUT2D eigenvalue weighted by Gasteiger charge is -2.21. The molecule has 0 saturated carbocycles. The first-order chi connectivity index (χ1) is 17.6. The van der Waals surface area contributed by atoms with E-state index >= 15 is 0 Å². The second-order valence-electron chi connectivity index (χ2n) is 8.49. The predicted octanol–water partition coefficient (Wildman–Crippen LogP) is 8.88. The van der Waals surface area contributed by atoms with Crippen LogP contribution in [-0.4, -0.2) is 5.91 Å². The molecule has 0 bridgehead atoms. The SMILES string of the molecule is O=C1C(=Cc2ccc(-c3cc(Cl)ccc3Cl)o2)C=C(c2ccccc2)N1c1ccc2ccccc2c1. The molecule has 0 radical (unpaired) electrons. The molecule has 1 aliphatic rings. The molecule has 5 heteroatoms. The van der Waals surface area contributed by atoms with Gasteiger partial charge in [-0.15, -0.1) is 0 Å². The van der Waals surface area contributed by atoms with Crippen molar-refractivity contribution in [1.29, 1.82) is 0 Å². The van der Waals surface area contributed by atoms with Crippen LogP contribution in [0.15, 0.2) is 119 Å². The molecular weight excluding hydrogens is 489 g/mol. The Labute approximate surface area is 218 Å². The van der Waals surface area contributed by atoms with Crippen molar-refractivity contribution in [1.82, 2.24) is 0 Å². The maximum atomic E-state index is 13.7. The third-order valence-electron chi connectivity index (χ3n) is 6.16. The Kier molecular flexibility index (Phi) is 5.73. The zero-order valence-corrected chi connectivity index (χ0v) is 20.5. The van der Waals surface area contributed by atoms with Gasteiger partial charge >= 0.3 is 0 Å². The van der Waals surface area contributed by atoms with Crippen LogP contribution in [0.1, 0.15) is 11.3 Å². The lowest BCUT2D eigenvalue weighted by atomic mass is 10.1. The van der Waals surface area contributed by atoms with Crippen molar-refractivity contribution in [3.63, 3.8) is 0 Å². The van der Waals surface area contributed by atoms with Crippen LogP contribution in [0.25, 0.3) is 33.9 Å². The van der Waals surface area contributed by atoms with Gasteiger partial charge in [-0.05, 0) is 71.0 Å². The molecule has 36 heavy (non-hydrogen) atoms. The molecule has 0 saturated heterocycles. The molecular formula is C31H19Cl2NO2. The molecule has 2 heterocycles. The summed E-state index contributed by atoms with van der Waals surface area (Å²) >= 11 is 12.5. The number of hydrogen-bond acceptors (Lipinski definition) is 2. The first-order valence-corrected chi connectivity index (χ1v) is 12.2. The summed E-state index contributed by atoms with van der Waals surface area (Å²) in [6.45, 7) is 0. The minimum atomic E-state index is -0.122. The van der Waals surface area contributed by atoms with Gasteiger partial charge < -0.3 is 4.42 Å². The summed E-state index contributed by atoms with van der Waals surface area (Å²) in [5.74, 6) is 1.01. The quantitative estimate of drug-likeness (QED) is 0.227. The fraction of sp³-hybridized carbons (Fsp3) is 0. The van der Waals surface area contributed by atoms with Gasteiger partial charge in [0.15, 0.2) is 0 Å². The van der Waals surface area contributed by atoms with E-state index in [1.807, 2.05) is 84.9 Å². The zero-order valence-electron chi connectivity index (χ0n) is 19.0. The maximum Gasteiger partial charge on any atom is 0.263 e. The number of anilines is 1. The van der Waals surface area contributed by atoms with E-state index in [4.69, 9.17) is 27.6 Å². The summed E-state index contributed by atoms with van der Waals surface area (Å²) < 4.78 is 6.04. The summed E-state index contributed by atoms with van der Waals surface area (Å²) in [5, 5.41) is 3.30. The van der Waals surface area contributed by atoms with Gasteiger partial charge in [-0.3, -0.25) is 9.69 Å². The van der Waals surface area contributed by atoms with E-state index in [2.05, 4.69) is 6.07 Å². The van der Waals surface area contributed by atoms with Crippen LogP contribution < -0.4 is 4.90 Å². The summed E-state index contributed by atoms with van der Waals surface area (Å²) in [7, 11) is 0. The van der Waals surface area contributed by atoms with Crippen molar-refractivity contribution >= 4 is 57.3 Å². The van der Waals surface area contributed by atoms with E-state index in [0.717, 1.165) is 27.7 Å². The highest BCUT2D eigenvalue weighted by atomic mass is 35.5. The Morgan fingerprint density at radius 1 is 0.750 bits per heavy atom. The Hall–Kier alpha value is -4.05. The average Bonchev–Trinajstić information content (AvgIpc) is 3.50. The van der Waals surface area contributed by atoms with Gasteiger partial charge in [-0.25, -0.2) is 0 Å². The van der Waals surface area contributed by atoms with Crippen molar-refractivity contribution in [2.24, 2.45) is 0 Å². The molecule has 1 aliphatic heterocycles. The van der Waals surface area contributed by atoms with Crippen LogP contribution in [-0.2, 0) is 4.79 Å². The summed E-state index contributed by atoms with van der Waals surface area (Å²) in [4.78, 5) is 15.5. The number of carbonyl (C=O) groups excluding carboxylic acids is 1. The van der Waals surface area contributed by atoms with Crippen LogP contribution in [0.2, 0.25) is 10.0 Å². The van der Waals surface area contributed by atoms with Crippen LogP contribution in [0.5, 0.6) is 0 Å². The summed E-state index contributed by atoms with van der Waals surface area (Å²) in [5.41, 5.74) is 3.80. The summed E-state index contributed by atoms with van der Waals surface area (Å²) in [6, 6.07) is 32.9. The molecule has 1 aromatic heterocycles. The van der Waals surface area contributed by atoms with E-state index in [-0.39, 0.29) is 5.91 Å². The van der Waals surface area contributed by atoms with Crippen LogP contribution in [0.4, 0.5) is 5.69 Å².